The van der Waals surface area contributed by atoms with Crippen molar-refractivity contribution in [2.24, 2.45) is 5.73 Å². The summed E-state index contributed by atoms with van der Waals surface area (Å²) in [6.45, 7) is 2.19. The molecule has 5 N–H and O–H groups in total. The van der Waals surface area contributed by atoms with Gasteiger partial charge in [-0.15, -0.1) is 11.8 Å². The van der Waals surface area contributed by atoms with E-state index in [-0.39, 0.29) is 12.8 Å². The summed E-state index contributed by atoms with van der Waals surface area (Å²) in [5.41, 5.74) is 5.04. The highest BCUT2D eigenvalue weighted by molar-refractivity contribution is 8.00. The molecular formula is C26H44F3N3O6S. The molecule has 226 valence electrons. The van der Waals surface area contributed by atoms with Crippen LogP contribution in [0.5, 0.6) is 0 Å². The number of nitrogens with one attached hydrogen (secondary N) is 1. The highest BCUT2D eigenvalue weighted by atomic mass is 32.2. The Morgan fingerprint density at radius 2 is 1.54 bits per heavy atom. The molecule has 0 saturated carbocycles. The number of aliphatic hydroxyl groups excluding tert-OH is 1. The quantitative estimate of drug-likeness (QED) is 0.112. The number of nitrogens with zero attached hydrogens (tertiary/aromatic N) is 1. The summed E-state index contributed by atoms with van der Waals surface area (Å²) in [5.74, 6) is -5.06. The number of carbonyl (C=O) groups excluding carboxylic acids is 3. The number of carbonyl (C=O) groups is 4. The van der Waals surface area contributed by atoms with Gasteiger partial charge in [0.25, 0.3) is 5.91 Å². The zero-order valence-corrected chi connectivity index (χ0v) is 23.7. The Bertz CT molecular complexity index is 783. The van der Waals surface area contributed by atoms with Gasteiger partial charge in [0.05, 0.1) is 6.10 Å². The normalized spacial score (nSPS) is 14.1. The maximum absolute atomic E-state index is 12.8. The van der Waals surface area contributed by atoms with Gasteiger partial charge in [0.1, 0.15) is 6.04 Å². The molecule has 0 spiro atoms. The van der Waals surface area contributed by atoms with Gasteiger partial charge in [0, 0.05) is 24.5 Å². The van der Waals surface area contributed by atoms with Crippen LogP contribution in [-0.4, -0.2) is 75.3 Å². The molecule has 0 radical (unpaired) electrons. The van der Waals surface area contributed by atoms with E-state index in [2.05, 4.69) is 6.92 Å². The largest absolute Gasteiger partial charge is 0.481 e. The van der Waals surface area contributed by atoms with Crippen LogP contribution in [0.4, 0.5) is 18.0 Å². The molecule has 0 aliphatic carbocycles. The molecule has 0 aliphatic heterocycles. The zero-order chi connectivity index (χ0) is 29.8. The molecule has 9 nitrogen and oxygen atoms in total. The van der Waals surface area contributed by atoms with Crippen molar-refractivity contribution in [1.29, 1.82) is 0 Å². The van der Waals surface area contributed by atoms with Crippen molar-refractivity contribution < 1.29 is 42.6 Å². The number of carboxylic acid groups (broad SMARTS) is 1. The minimum absolute atomic E-state index is 0.121. The lowest BCUT2D eigenvalue weighted by Crippen LogP contribution is -2.54. The number of aliphatic hydroxyl groups is 1. The van der Waals surface area contributed by atoms with Crippen LogP contribution in [-0.2, 0) is 14.4 Å². The fourth-order valence-corrected chi connectivity index (χ4v) is 4.90. The summed E-state index contributed by atoms with van der Waals surface area (Å²) in [4.78, 5) is 46.6. The molecule has 0 aromatic heterocycles. The summed E-state index contributed by atoms with van der Waals surface area (Å²) >= 11 is 0.871. The van der Waals surface area contributed by atoms with E-state index in [1.54, 1.807) is 11.4 Å². The van der Waals surface area contributed by atoms with E-state index >= 15 is 0 Å². The van der Waals surface area contributed by atoms with Crippen molar-refractivity contribution in [3.8, 4) is 0 Å². The smallest absolute Gasteiger partial charge is 0.471 e. The SMILES string of the molecule is CCCCCCCCCCCC/C=C\[C@H](SCC(NC(=O)C(F)(F)F)C(=O)N(C)C(N)=O)[C@H](O)CCC(=O)O. The molecule has 0 heterocycles. The van der Waals surface area contributed by atoms with Crippen LogP contribution in [0.3, 0.4) is 0 Å². The molecule has 39 heavy (non-hydrogen) atoms. The van der Waals surface area contributed by atoms with E-state index in [4.69, 9.17) is 10.8 Å². The summed E-state index contributed by atoms with van der Waals surface area (Å²) in [6.07, 6.45) is 8.98. The monoisotopic (exact) mass is 583 g/mol. The number of unbranched alkanes of at least 4 members (excludes halogenated alkanes) is 10. The van der Waals surface area contributed by atoms with Gasteiger partial charge < -0.3 is 21.3 Å². The summed E-state index contributed by atoms with van der Waals surface area (Å²) in [6, 6.07) is -2.98. The third-order valence-corrected chi connectivity index (χ3v) is 7.44. The molecule has 0 rings (SSSR count). The molecule has 0 bridgehead atoms. The van der Waals surface area contributed by atoms with E-state index < -0.39 is 53.1 Å². The number of amides is 4. The first-order valence-corrected chi connectivity index (χ1v) is 14.5. The van der Waals surface area contributed by atoms with Gasteiger partial charge in [0.2, 0.25) is 0 Å². The number of primary amides is 1. The van der Waals surface area contributed by atoms with Crippen molar-refractivity contribution in [2.75, 3.05) is 12.8 Å². The first-order chi connectivity index (χ1) is 18.3. The third kappa shape index (κ3) is 17.8. The maximum Gasteiger partial charge on any atom is 0.471 e. The van der Waals surface area contributed by atoms with E-state index in [0.717, 1.165) is 38.1 Å². The average Bonchev–Trinajstić information content (AvgIpc) is 2.86. The summed E-state index contributed by atoms with van der Waals surface area (Å²) in [7, 11) is 0.966. The lowest BCUT2D eigenvalue weighted by molar-refractivity contribution is -0.174. The lowest BCUT2D eigenvalue weighted by atomic mass is 10.1. The Labute approximate surface area is 233 Å². The minimum atomic E-state index is -5.26. The second-order valence-electron chi connectivity index (χ2n) is 9.46. The number of rotatable bonds is 21. The molecule has 0 aromatic rings. The number of hydrogen-bond donors (Lipinski definition) is 4. The Balaban J connectivity index is 5.06. The summed E-state index contributed by atoms with van der Waals surface area (Å²) in [5, 5.41) is 20.3. The predicted molar refractivity (Wildman–Crippen MR) is 145 cm³/mol. The topological polar surface area (TPSA) is 150 Å². The van der Waals surface area contributed by atoms with Crippen LogP contribution in [0.2, 0.25) is 0 Å². The average molecular weight is 584 g/mol. The number of thioether (sulfide) groups is 1. The van der Waals surface area contributed by atoms with Crippen molar-refractivity contribution in [2.45, 2.75) is 114 Å². The van der Waals surface area contributed by atoms with Crippen molar-refractivity contribution in [3.63, 3.8) is 0 Å². The van der Waals surface area contributed by atoms with E-state index in [1.165, 1.54) is 44.9 Å². The number of urea groups is 1. The Kier molecular flexibility index (Phi) is 19.4. The van der Waals surface area contributed by atoms with Gasteiger partial charge in [-0.3, -0.25) is 19.3 Å². The van der Waals surface area contributed by atoms with Gasteiger partial charge in [0.15, 0.2) is 0 Å². The molecule has 0 fully saturated rings. The highest BCUT2D eigenvalue weighted by Crippen LogP contribution is 2.23. The van der Waals surface area contributed by atoms with Crippen molar-refractivity contribution >= 4 is 35.6 Å². The van der Waals surface area contributed by atoms with Gasteiger partial charge in [-0.25, -0.2) is 4.79 Å². The molecule has 0 saturated heterocycles. The van der Waals surface area contributed by atoms with Crippen LogP contribution in [0.1, 0.15) is 90.4 Å². The third-order valence-electron chi connectivity index (χ3n) is 6.06. The first-order valence-electron chi connectivity index (χ1n) is 13.4. The molecular weight excluding hydrogens is 539 g/mol. The molecule has 0 aliphatic rings. The maximum atomic E-state index is 12.8. The minimum Gasteiger partial charge on any atom is -0.481 e. The number of halogens is 3. The number of hydrogen-bond acceptors (Lipinski definition) is 6. The second kappa shape index (κ2) is 20.6. The van der Waals surface area contributed by atoms with Crippen LogP contribution in [0.15, 0.2) is 12.2 Å². The van der Waals surface area contributed by atoms with E-state index in [0.29, 0.717) is 11.3 Å². The molecule has 0 aromatic carbocycles. The van der Waals surface area contributed by atoms with Gasteiger partial charge in [-0.2, -0.15) is 13.2 Å². The van der Waals surface area contributed by atoms with Crippen LogP contribution >= 0.6 is 11.8 Å². The molecule has 3 atom stereocenters. The zero-order valence-electron chi connectivity index (χ0n) is 22.9. The number of likely N-dealkylation sites (N-methyl/N-ethyl adjacent to an activating group) is 1. The second-order valence-corrected chi connectivity index (χ2v) is 10.7. The summed E-state index contributed by atoms with van der Waals surface area (Å²) < 4.78 is 38.4. The lowest BCUT2D eigenvalue weighted by Gasteiger charge is -2.25. The predicted octanol–water partition coefficient (Wildman–Crippen LogP) is 4.77. The number of nitrogens with two attached hydrogens (primary N) is 1. The fourth-order valence-electron chi connectivity index (χ4n) is 3.67. The molecule has 1 unspecified atom stereocenters. The molecule has 4 amide bonds. The number of allylic oxidation sites excluding steroid dienone is 1. The Morgan fingerprint density at radius 1 is 1.00 bits per heavy atom. The Morgan fingerprint density at radius 3 is 2.03 bits per heavy atom. The fraction of sp³-hybridized carbons (Fsp3) is 0.769. The Hall–Kier alpha value is -2.28. The van der Waals surface area contributed by atoms with Gasteiger partial charge >= 0.3 is 24.1 Å². The standard InChI is InChI=1S/C26H44F3N3O6S/c1-3-4-5-6-7-8-9-10-11-12-13-14-15-21(20(33)16-17-22(34)35)39-18-19(23(36)32(2)25(30)38)31-24(37)26(27,28)29/h14-15,19-21,33H,3-13,16-18H2,1-2H3,(H2,30,38)(H,31,37)(H,34,35)/b15-14-/t19?,20-,21+/m1/s1. The van der Waals surface area contributed by atoms with Crippen molar-refractivity contribution in [3.05, 3.63) is 12.2 Å². The van der Waals surface area contributed by atoms with Gasteiger partial charge in [-0.1, -0.05) is 76.9 Å². The van der Waals surface area contributed by atoms with Crippen molar-refractivity contribution in [1.82, 2.24) is 10.2 Å². The number of aliphatic carboxylic acids is 1. The van der Waals surface area contributed by atoms with E-state index in [1.807, 2.05) is 6.08 Å². The highest BCUT2D eigenvalue weighted by Gasteiger charge is 2.41. The van der Waals surface area contributed by atoms with Crippen LogP contribution < -0.4 is 11.1 Å². The van der Waals surface area contributed by atoms with Crippen LogP contribution in [0, 0.1) is 0 Å². The van der Waals surface area contributed by atoms with Crippen LogP contribution in [0.25, 0.3) is 0 Å². The molecule has 13 heteroatoms. The number of carboxylic acids is 1. The first kappa shape index (κ1) is 36.7. The number of imide groups is 1. The number of alkyl halides is 3. The van der Waals surface area contributed by atoms with Gasteiger partial charge in [-0.05, 0) is 19.3 Å². The van der Waals surface area contributed by atoms with E-state index in [9.17, 15) is 37.5 Å².